The van der Waals surface area contributed by atoms with Crippen LogP contribution in [0.1, 0.15) is 218 Å². The summed E-state index contributed by atoms with van der Waals surface area (Å²) in [5.74, 6) is 18.2. The summed E-state index contributed by atoms with van der Waals surface area (Å²) in [6, 6.07) is 3.20. The molecule has 0 aromatic rings. The van der Waals surface area contributed by atoms with Crippen molar-refractivity contribution in [1.82, 2.24) is 0 Å². The van der Waals surface area contributed by atoms with E-state index in [1.165, 1.54) is 35.0 Å². The van der Waals surface area contributed by atoms with Crippen LogP contribution in [0.2, 0.25) is 47.3 Å². The van der Waals surface area contributed by atoms with Crippen LogP contribution in [0.25, 0.3) is 0 Å². The van der Waals surface area contributed by atoms with Crippen LogP contribution in [-0.2, 0) is 41.7 Å². The third-order valence-electron chi connectivity index (χ3n) is 25.7. The topological polar surface area (TPSA) is 0 Å². The van der Waals surface area contributed by atoms with Crippen molar-refractivity contribution in [2.75, 3.05) is 0 Å². The van der Waals surface area contributed by atoms with Crippen LogP contribution in [-0.4, -0.2) is 16.1 Å². The van der Waals surface area contributed by atoms with E-state index in [4.69, 9.17) is 34.1 Å². The molecule has 16 unspecified atom stereocenters. The number of rotatable bonds is 10. The molecule has 0 aromatic carbocycles. The molecule has 12 saturated carbocycles. The Morgan fingerprint density at radius 1 is 0.297 bits per heavy atom. The van der Waals surface area contributed by atoms with Gasteiger partial charge in [-0.25, -0.2) is 0 Å². The number of halogens is 4. The molecule has 16 atom stereocenters. The Kier molecular flexibility index (Phi) is 29.4. The van der Waals surface area contributed by atoms with Crippen molar-refractivity contribution in [2.24, 2.45) is 94.7 Å². The number of allylic oxidation sites excluding steroid dienone is 2. The van der Waals surface area contributed by atoms with E-state index in [0.29, 0.717) is 0 Å². The molecule has 0 amide bonds. The molecule has 0 spiro atoms. The first-order valence-corrected chi connectivity index (χ1v) is 49.8. The van der Waals surface area contributed by atoms with Crippen LogP contribution in [0, 0.1) is 124 Å². The Morgan fingerprint density at radius 2 is 0.419 bits per heavy atom. The van der Waals surface area contributed by atoms with Gasteiger partial charge in [-0.1, -0.05) is 191 Å². The minimum absolute atomic E-state index is 0. The van der Waals surface area contributed by atoms with Crippen molar-refractivity contribution in [3.63, 3.8) is 0 Å². The molecule has 12 rings (SSSR count). The molecule has 12 aliphatic rings. The van der Waals surface area contributed by atoms with Crippen molar-refractivity contribution in [3.05, 3.63) is 55.0 Å². The zero-order valence-corrected chi connectivity index (χ0v) is 59.0. The second-order valence-electron chi connectivity index (χ2n) is 27.8. The number of fused-ring (bicyclic) bond motifs is 12. The van der Waals surface area contributed by atoms with Gasteiger partial charge < -0.3 is 29.7 Å². The average molecular weight is 1290 g/mol. The molecule has 0 radical (unpaired) electrons. The van der Waals surface area contributed by atoms with Gasteiger partial charge in [-0.3, -0.25) is 0 Å². The molecule has 0 N–H and O–H groups in total. The summed E-state index contributed by atoms with van der Waals surface area (Å²) in [5, 5.41) is 0. The molecule has 12 fully saturated rings. The summed E-state index contributed by atoms with van der Waals surface area (Å²) in [7, 11) is 16.9. The van der Waals surface area contributed by atoms with Gasteiger partial charge in [0, 0.05) is 0 Å². The first-order valence-electron chi connectivity index (χ1n) is 31.4. The van der Waals surface area contributed by atoms with Gasteiger partial charge in [-0.05, 0) is 181 Å². The average Bonchev–Trinajstić information content (AvgIpc) is 4.14. The molecule has 12 aliphatic carbocycles. The summed E-state index contributed by atoms with van der Waals surface area (Å²) in [6.45, 7) is 14.6. The zero-order valence-electron chi connectivity index (χ0n) is 49.1. The first kappa shape index (κ1) is 67.6. The van der Waals surface area contributed by atoms with Gasteiger partial charge in [0.2, 0.25) is 0 Å². The SMILES string of the molecule is C=CCC[Si](C)(C1C2CCCCC2C2CCCCC21)C1C2CCCCC2C2CCCCC21.C=CCC[Si](C)(C1C2CCCCC2C2CCCCC21)C1C2CCCCC2C2CCCCC21.[CH3-].[CH3-].[CH3-].[CH3-].[Cl][Zr+2][Cl].[Cl][Zr+2][Cl]. The van der Waals surface area contributed by atoms with Crippen molar-refractivity contribution >= 4 is 50.2 Å². The minimum atomic E-state index is -1.41. The fraction of sp³-hybridized carbons (Fsp3) is 0.879. The molecule has 0 bridgehead atoms. The molecule has 0 saturated heterocycles. The van der Waals surface area contributed by atoms with Gasteiger partial charge in [0.1, 0.15) is 0 Å². The molecule has 0 heterocycles. The first-order chi connectivity index (χ1) is 34.3. The van der Waals surface area contributed by atoms with E-state index in [-0.39, 0.29) is 29.7 Å². The zero-order chi connectivity index (χ0) is 48.8. The summed E-state index contributed by atoms with van der Waals surface area (Å²) in [6.07, 6.45) is 58.1. The van der Waals surface area contributed by atoms with Gasteiger partial charge in [-0.15, -0.1) is 13.2 Å². The van der Waals surface area contributed by atoms with Crippen molar-refractivity contribution in [2.45, 2.75) is 266 Å². The third-order valence-corrected chi connectivity index (χ3v) is 38.0. The number of hydrogen-bond acceptors (Lipinski definition) is 0. The van der Waals surface area contributed by atoms with E-state index in [1.807, 2.05) is 0 Å². The maximum atomic E-state index is 4.93. The maximum absolute atomic E-state index is 4.93. The summed E-state index contributed by atoms with van der Waals surface area (Å²) in [4.78, 5) is 0. The standard InChI is InChI=1S/2C31H52Si.4CH3.4ClH.2Zr/c2*1-3-4-21-32(2,30-26-17-9-5-13-22(26)23-14-6-10-18-27(23)30)31-28-19-11-7-15-24(28)25-16-8-12-20-29(25)31;;;;;;;;;;/h2*3,22-31H,1,4-21H2,2H3;4*1H3;4*1H;;/q;;4*-1;;;;;2*+4/p-4. The second-order valence-corrected chi connectivity index (χ2v) is 45.0. The van der Waals surface area contributed by atoms with E-state index in [0.717, 1.165) is 94.7 Å². The van der Waals surface area contributed by atoms with Crippen LogP contribution >= 0.6 is 34.1 Å². The molecule has 424 valence electrons. The van der Waals surface area contributed by atoms with Gasteiger partial charge in [0.15, 0.2) is 0 Å². The number of hydrogen-bond donors (Lipinski definition) is 0. The summed E-state index contributed by atoms with van der Waals surface area (Å²) in [5.41, 5.74) is 4.75. The predicted octanol–water partition coefficient (Wildman–Crippen LogP) is 23.8. The Balaban J connectivity index is 0.000000236. The van der Waals surface area contributed by atoms with Gasteiger partial charge in [0.05, 0.1) is 16.1 Å². The third kappa shape index (κ3) is 13.7. The fourth-order valence-electron chi connectivity index (χ4n) is 24.4. The molecular formula is C66H116Cl4Si2Zr2. The normalized spacial score (nSPS) is 43.4. The Bertz CT molecular complexity index is 1330. The van der Waals surface area contributed by atoms with Gasteiger partial charge in [0.25, 0.3) is 0 Å². The monoisotopic (exact) mass is 1280 g/mol. The quantitative estimate of drug-likeness (QED) is 0.116. The van der Waals surface area contributed by atoms with Gasteiger partial charge >= 0.3 is 75.7 Å². The van der Waals surface area contributed by atoms with Crippen LogP contribution in [0.15, 0.2) is 25.3 Å². The molecular weight excluding hydrogens is 1170 g/mol. The van der Waals surface area contributed by atoms with Crippen LogP contribution < -0.4 is 0 Å². The van der Waals surface area contributed by atoms with Crippen LogP contribution in [0.5, 0.6) is 0 Å². The van der Waals surface area contributed by atoms with E-state index in [2.05, 4.69) is 38.4 Å². The Morgan fingerprint density at radius 3 is 0.541 bits per heavy atom. The Hall–Kier alpha value is 2.84. The fourth-order valence-corrected chi connectivity index (χ4v) is 39.5. The van der Waals surface area contributed by atoms with Crippen LogP contribution in [0.3, 0.4) is 0 Å². The van der Waals surface area contributed by atoms with E-state index in [1.54, 1.807) is 218 Å². The van der Waals surface area contributed by atoms with E-state index < -0.39 is 57.8 Å². The van der Waals surface area contributed by atoms with E-state index >= 15 is 0 Å². The van der Waals surface area contributed by atoms with Crippen molar-refractivity contribution in [3.8, 4) is 0 Å². The molecule has 0 nitrogen and oxygen atoms in total. The summed E-state index contributed by atoms with van der Waals surface area (Å²) < 4.78 is 0. The molecule has 0 aromatic heterocycles. The van der Waals surface area contributed by atoms with E-state index in [9.17, 15) is 0 Å². The van der Waals surface area contributed by atoms with Crippen molar-refractivity contribution < 1.29 is 41.7 Å². The second kappa shape index (κ2) is 32.2. The summed E-state index contributed by atoms with van der Waals surface area (Å²) >= 11 is -1.65. The molecule has 8 heteroatoms. The molecule has 74 heavy (non-hydrogen) atoms. The van der Waals surface area contributed by atoms with Crippen LogP contribution in [0.4, 0.5) is 0 Å². The predicted molar refractivity (Wildman–Crippen MR) is 330 cm³/mol. The van der Waals surface area contributed by atoms with Gasteiger partial charge in [-0.2, -0.15) is 0 Å². The van der Waals surface area contributed by atoms with Crippen molar-refractivity contribution in [1.29, 1.82) is 0 Å². The molecule has 0 aliphatic heterocycles. The Labute approximate surface area is 502 Å².